The Balaban J connectivity index is 1.43. The van der Waals surface area contributed by atoms with E-state index in [9.17, 15) is 4.79 Å². The summed E-state index contributed by atoms with van der Waals surface area (Å²) >= 11 is 1.46. The number of imidazole rings is 1. The van der Waals surface area contributed by atoms with Gasteiger partial charge in [0.15, 0.2) is 5.82 Å². The van der Waals surface area contributed by atoms with Crippen molar-refractivity contribution in [2.75, 3.05) is 13.1 Å². The van der Waals surface area contributed by atoms with Gasteiger partial charge in [0.2, 0.25) is 0 Å². The fraction of sp³-hybridized carbons (Fsp3) is 0.500. The normalized spacial score (nSPS) is 15.4. The molecule has 4 rings (SSSR count). The van der Waals surface area contributed by atoms with Crippen LogP contribution in [0.1, 0.15) is 52.0 Å². The predicted molar refractivity (Wildman–Crippen MR) is 102 cm³/mol. The summed E-state index contributed by atoms with van der Waals surface area (Å²) < 4.78 is 4.20. The zero-order valence-corrected chi connectivity index (χ0v) is 16.4. The molecule has 0 aliphatic carbocycles. The van der Waals surface area contributed by atoms with Crippen molar-refractivity contribution in [1.82, 2.24) is 34.2 Å². The Morgan fingerprint density at radius 3 is 2.74 bits per heavy atom. The summed E-state index contributed by atoms with van der Waals surface area (Å²) in [5, 5.41) is 9.83. The highest BCUT2D eigenvalue weighted by Gasteiger charge is 2.29. The number of piperidine rings is 1. The van der Waals surface area contributed by atoms with E-state index in [2.05, 4.69) is 31.7 Å². The van der Waals surface area contributed by atoms with Crippen LogP contribution < -0.4 is 0 Å². The number of thiazole rings is 1. The van der Waals surface area contributed by atoms with E-state index in [1.165, 1.54) is 11.3 Å². The number of likely N-dealkylation sites (tertiary alicyclic amines) is 1. The summed E-state index contributed by atoms with van der Waals surface area (Å²) in [7, 11) is 0. The summed E-state index contributed by atoms with van der Waals surface area (Å²) in [5.41, 5.74) is 0. The molecule has 8 nitrogen and oxygen atoms in total. The topological polar surface area (TPSA) is 81.7 Å². The van der Waals surface area contributed by atoms with Gasteiger partial charge in [-0.1, -0.05) is 0 Å². The van der Waals surface area contributed by atoms with E-state index >= 15 is 0 Å². The lowest BCUT2D eigenvalue weighted by molar-refractivity contribution is 0.0715. The summed E-state index contributed by atoms with van der Waals surface area (Å²) in [5.74, 6) is 2.41. The molecule has 1 fully saturated rings. The molecule has 0 bridgehead atoms. The molecular formula is C18H23N7OS. The average Bonchev–Trinajstić information content (AvgIpc) is 3.43. The van der Waals surface area contributed by atoms with Crippen molar-refractivity contribution in [2.45, 2.75) is 45.7 Å². The number of nitrogens with zero attached hydrogens (tertiary/aromatic N) is 7. The minimum absolute atomic E-state index is 0.0943. The third-order valence-electron chi connectivity index (χ3n) is 5.03. The molecule has 3 aromatic rings. The van der Waals surface area contributed by atoms with Crippen LogP contribution in [0.5, 0.6) is 0 Å². The van der Waals surface area contributed by atoms with Gasteiger partial charge in [-0.05, 0) is 26.7 Å². The number of aromatic nitrogens is 6. The zero-order chi connectivity index (χ0) is 18.8. The van der Waals surface area contributed by atoms with Gasteiger partial charge in [-0.3, -0.25) is 4.79 Å². The van der Waals surface area contributed by atoms with Gasteiger partial charge in [0.1, 0.15) is 10.7 Å². The van der Waals surface area contributed by atoms with E-state index in [1.807, 2.05) is 22.6 Å². The van der Waals surface area contributed by atoms with E-state index in [0.717, 1.165) is 54.0 Å². The standard InChI is InChI=1S/C18H23N7OS/c1-3-25-16(11-23-9-6-19-12-23)21-22-17(25)14-4-7-24(8-5-14)18(26)15-10-20-13(2)27-15/h6,9-10,12,14H,3-5,7-8,11H2,1-2H3. The van der Waals surface area contributed by atoms with Crippen LogP contribution in [-0.4, -0.2) is 53.2 Å². The smallest absolute Gasteiger partial charge is 0.265 e. The van der Waals surface area contributed by atoms with E-state index in [4.69, 9.17) is 0 Å². The third kappa shape index (κ3) is 3.64. The molecule has 0 N–H and O–H groups in total. The maximum atomic E-state index is 12.6. The second-order valence-corrected chi connectivity index (χ2v) is 8.00. The highest BCUT2D eigenvalue weighted by Crippen LogP contribution is 2.28. The Morgan fingerprint density at radius 1 is 1.30 bits per heavy atom. The second-order valence-electron chi connectivity index (χ2n) is 6.76. The van der Waals surface area contributed by atoms with Crippen LogP contribution >= 0.6 is 11.3 Å². The van der Waals surface area contributed by atoms with E-state index in [-0.39, 0.29) is 5.91 Å². The van der Waals surface area contributed by atoms with E-state index < -0.39 is 0 Å². The molecule has 0 unspecified atom stereocenters. The van der Waals surface area contributed by atoms with Crippen molar-refractivity contribution in [2.24, 2.45) is 0 Å². The van der Waals surface area contributed by atoms with Crippen LogP contribution in [-0.2, 0) is 13.1 Å². The van der Waals surface area contributed by atoms with Gasteiger partial charge >= 0.3 is 0 Å². The Hall–Kier alpha value is -2.55. The van der Waals surface area contributed by atoms with Crippen molar-refractivity contribution >= 4 is 17.2 Å². The summed E-state index contributed by atoms with van der Waals surface area (Å²) in [4.78, 5) is 23.6. The Bertz CT molecular complexity index is 906. The number of hydrogen-bond donors (Lipinski definition) is 0. The maximum absolute atomic E-state index is 12.6. The quantitative estimate of drug-likeness (QED) is 0.673. The van der Waals surface area contributed by atoms with Gasteiger partial charge in [-0.25, -0.2) is 9.97 Å². The fourth-order valence-electron chi connectivity index (χ4n) is 3.61. The number of amides is 1. The average molecular weight is 385 g/mol. The van der Waals surface area contributed by atoms with Gasteiger partial charge in [-0.15, -0.1) is 21.5 Å². The van der Waals surface area contributed by atoms with Gasteiger partial charge < -0.3 is 14.0 Å². The molecule has 27 heavy (non-hydrogen) atoms. The predicted octanol–water partition coefficient (Wildman–Crippen LogP) is 2.33. The Labute approximate surface area is 161 Å². The van der Waals surface area contributed by atoms with Gasteiger partial charge in [-0.2, -0.15) is 0 Å². The number of carbonyl (C=O) groups is 1. The molecule has 0 atom stereocenters. The minimum atomic E-state index is 0.0943. The molecule has 142 valence electrons. The molecule has 4 heterocycles. The minimum Gasteiger partial charge on any atom is -0.338 e. The summed E-state index contributed by atoms with van der Waals surface area (Å²) in [6, 6.07) is 0. The van der Waals surface area contributed by atoms with E-state index in [1.54, 1.807) is 18.7 Å². The summed E-state index contributed by atoms with van der Waals surface area (Å²) in [6.07, 6.45) is 8.99. The number of carbonyl (C=O) groups excluding carboxylic acids is 1. The molecular weight excluding hydrogens is 362 g/mol. The van der Waals surface area contributed by atoms with Crippen LogP contribution in [0.15, 0.2) is 24.9 Å². The first-order chi connectivity index (χ1) is 13.2. The maximum Gasteiger partial charge on any atom is 0.265 e. The SMILES string of the molecule is CCn1c(Cn2ccnc2)nnc1C1CCN(C(=O)c2cnc(C)s2)CC1. The Kier molecular flexibility index (Phi) is 5.02. The van der Waals surface area contributed by atoms with Crippen molar-refractivity contribution in [3.05, 3.63) is 46.5 Å². The molecule has 0 aromatic carbocycles. The lowest BCUT2D eigenvalue weighted by Gasteiger charge is -2.31. The van der Waals surface area contributed by atoms with Crippen LogP contribution in [0.25, 0.3) is 0 Å². The number of hydrogen-bond acceptors (Lipinski definition) is 6. The molecule has 1 amide bonds. The van der Waals surface area contributed by atoms with Gasteiger partial charge in [0.05, 0.1) is 24.1 Å². The first-order valence-electron chi connectivity index (χ1n) is 9.25. The van der Waals surface area contributed by atoms with Crippen molar-refractivity contribution in [3.8, 4) is 0 Å². The summed E-state index contributed by atoms with van der Waals surface area (Å²) in [6.45, 7) is 7.04. The molecule has 9 heteroatoms. The Morgan fingerprint density at radius 2 is 2.11 bits per heavy atom. The number of rotatable bonds is 5. The lowest BCUT2D eigenvalue weighted by Crippen LogP contribution is -2.38. The van der Waals surface area contributed by atoms with Crippen molar-refractivity contribution in [1.29, 1.82) is 0 Å². The molecule has 1 aliphatic rings. The van der Waals surface area contributed by atoms with Crippen molar-refractivity contribution < 1.29 is 4.79 Å². The highest BCUT2D eigenvalue weighted by atomic mass is 32.1. The second kappa shape index (κ2) is 7.59. The number of aryl methyl sites for hydroxylation is 1. The molecule has 1 saturated heterocycles. The first-order valence-corrected chi connectivity index (χ1v) is 10.1. The molecule has 0 spiro atoms. The van der Waals surface area contributed by atoms with Gasteiger partial charge in [0.25, 0.3) is 5.91 Å². The van der Waals surface area contributed by atoms with Crippen LogP contribution in [0.3, 0.4) is 0 Å². The fourth-order valence-corrected chi connectivity index (χ4v) is 4.36. The van der Waals surface area contributed by atoms with E-state index in [0.29, 0.717) is 12.5 Å². The first kappa shape index (κ1) is 17.8. The lowest BCUT2D eigenvalue weighted by atomic mass is 9.95. The largest absolute Gasteiger partial charge is 0.338 e. The molecule has 0 radical (unpaired) electrons. The zero-order valence-electron chi connectivity index (χ0n) is 15.6. The van der Waals surface area contributed by atoms with Crippen LogP contribution in [0, 0.1) is 6.92 Å². The van der Waals surface area contributed by atoms with Gasteiger partial charge in [0, 0.05) is 37.9 Å². The van der Waals surface area contributed by atoms with Crippen LogP contribution in [0.2, 0.25) is 0 Å². The molecule has 1 aliphatic heterocycles. The highest BCUT2D eigenvalue weighted by molar-refractivity contribution is 7.13. The molecule has 3 aromatic heterocycles. The van der Waals surface area contributed by atoms with Crippen molar-refractivity contribution in [3.63, 3.8) is 0 Å². The monoisotopic (exact) mass is 385 g/mol. The van der Waals surface area contributed by atoms with Crippen LogP contribution in [0.4, 0.5) is 0 Å². The third-order valence-corrected chi connectivity index (χ3v) is 5.94. The molecule has 0 saturated carbocycles.